The van der Waals surface area contributed by atoms with Crippen molar-refractivity contribution in [3.05, 3.63) is 29.8 Å². The van der Waals surface area contributed by atoms with Gasteiger partial charge in [-0.05, 0) is 25.5 Å². The highest BCUT2D eigenvalue weighted by molar-refractivity contribution is 7.92. The van der Waals surface area contributed by atoms with Crippen LogP contribution >= 0.6 is 0 Å². The molecule has 1 rings (SSSR count). The van der Waals surface area contributed by atoms with Gasteiger partial charge < -0.3 is 5.73 Å². The van der Waals surface area contributed by atoms with Crippen molar-refractivity contribution >= 4 is 9.84 Å². The fourth-order valence-corrected chi connectivity index (χ4v) is 2.50. The van der Waals surface area contributed by atoms with Gasteiger partial charge in [0.2, 0.25) is 0 Å². The molecule has 0 fully saturated rings. The summed E-state index contributed by atoms with van der Waals surface area (Å²) in [6, 6.07) is 6.86. The Morgan fingerprint density at radius 2 is 1.86 bits per heavy atom. The second-order valence-electron chi connectivity index (χ2n) is 3.41. The topological polar surface area (TPSA) is 60.2 Å². The second-order valence-corrected chi connectivity index (χ2v) is 5.88. The number of hydrogen-bond acceptors (Lipinski definition) is 3. The highest BCUT2D eigenvalue weighted by Crippen LogP contribution is 2.19. The van der Waals surface area contributed by atoms with E-state index >= 15 is 0 Å². The summed E-state index contributed by atoms with van der Waals surface area (Å²) < 4.78 is 23.7. The van der Waals surface area contributed by atoms with Gasteiger partial charge in [0.25, 0.3) is 0 Å². The zero-order valence-corrected chi connectivity index (χ0v) is 9.21. The minimum absolute atomic E-state index is 0.252. The van der Waals surface area contributed by atoms with Gasteiger partial charge in [0.1, 0.15) is 0 Å². The van der Waals surface area contributed by atoms with Crippen molar-refractivity contribution in [1.82, 2.24) is 0 Å². The largest absolute Gasteiger partial charge is 0.326 e. The van der Waals surface area contributed by atoms with Crippen molar-refractivity contribution in [3.63, 3.8) is 0 Å². The van der Waals surface area contributed by atoms with Crippen LogP contribution in [0.3, 0.4) is 0 Å². The lowest BCUT2D eigenvalue weighted by atomic mass is 10.2. The van der Waals surface area contributed by atoms with Gasteiger partial charge in [0, 0.05) is 6.54 Å². The average Bonchev–Trinajstić information content (AvgIpc) is 2.17. The SMILES string of the molecule is CC(C)S(=O)(=O)c1ccccc1CN. The zero-order chi connectivity index (χ0) is 10.8. The molecule has 1 aromatic carbocycles. The molecule has 0 saturated heterocycles. The highest BCUT2D eigenvalue weighted by Gasteiger charge is 2.21. The molecule has 0 aliphatic heterocycles. The normalized spacial score (nSPS) is 12.0. The van der Waals surface area contributed by atoms with Crippen molar-refractivity contribution in [1.29, 1.82) is 0 Å². The Bertz CT molecular complexity index is 410. The first-order valence-electron chi connectivity index (χ1n) is 4.52. The first-order chi connectivity index (χ1) is 6.50. The van der Waals surface area contributed by atoms with Crippen LogP contribution in [0.25, 0.3) is 0 Å². The Hall–Kier alpha value is -0.870. The second kappa shape index (κ2) is 4.11. The molecule has 0 aliphatic rings. The van der Waals surface area contributed by atoms with E-state index in [4.69, 9.17) is 5.73 Å². The van der Waals surface area contributed by atoms with E-state index in [0.717, 1.165) is 0 Å². The van der Waals surface area contributed by atoms with Crippen LogP contribution in [0.5, 0.6) is 0 Å². The quantitative estimate of drug-likeness (QED) is 0.824. The van der Waals surface area contributed by atoms with Gasteiger partial charge in [0.15, 0.2) is 9.84 Å². The molecule has 14 heavy (non-hydrogen) atoms. The van der Waals surface area contributed by atoms with Crippen molar-refractivity contribution in [2.24, 2.45) is 5.73 Å². The number of sulfone groups is 1. The molecule has 0 heterocycles. The number of hydrogen-bond donors (Lipinski definition) is 1. The summed E-state index contributed by atoms with van der Waals surface area (Å²) in [4.78, 5) is 0.359. The van der Waals surface area contributed by atoms with Gasteiger partial charge in [-0.2, -0.15) is 0 Å². The third-order valence-corrected chi connectivity index (χ3v) is 4.37. The minimum Gasteiger partial charge on any atom is -0.326 e. The van der Waals surface area contributed by atoms with Gasteiger partial charge in [-0.3, -0.25) is 0 Å². The summed E-state index contributed by atoms with van der Waals surface area (Å²) in [6.45, 7) is 3.59. The Balaban J connectivity index is 3.32. The minimum atomic E-state index is -3.20. The summed E-state index contributed by atoms with van der Waals surface area (Å²) >= 11 is 0. The lowest BCUT2D eigenvalue weighted by Gasteiger charge is -2.11. The molecule has 0 bridgehead atoms. The van der Waals surface area contributed by atoms with Crippen LogP contribution in [0.4, 0.5) is 0 Å². The maximum Gasteiger partial charge on any atom is 0.181 e. The fraction of sp³-hybridized carbons (Fsp3) is 0.400. The summed E-state index contributed by atoms with van der Waals surface area (Å²) in [5.74, 6) is 0. The first-order valence-corrected chi connectivity index (χ1v) is 6.06. The molecule has 3 nitrogen and oxygen atoms in total. The van der Waals surface area contributed by atoms with Crippen LogP contribution in [0, 0.1) is 0 Å². The third-order valence-electron chi connectivity index (χ3n) is 2.12. The van der Waals surface area contributed by atoms with Gasteiger partial charge >= 0.3 is 0 Å². The van der Waals surface area contributed by atoms with Crippen LogP contribution < -0.4 is 5.73 Å². The van der Waals surface area contributed by atoms with Crippen molar-refractivity contribution < 1.29 is 8.42 Å². The van der Waals surface area contributed by atoms with Crippen LogP contribution in [-0.4, -0.2) is 13.7 Å². The van der Waals surface area contributed by atoms with Crippen LogP contribution in [0.2, 0.25) is 0 Å². The Morgan fingerprint density at radius 3 is 2.36 bits per heavy atom. The lowest BCUT2D eigenvalue weighted by molar-refractivity contribution is 0.586. The monoisotopic (exact) mass is 213 g/mol. The molecular formula is C10H15NO2S. The van der Waals surface area contributed by atoms with Crippen molar-refractivity contribution in [2.75, 3.05) is 0 Å². The van der Waals surface area contributed by atoms with E-state index in [2.05, 4.69) is 0 Å². The van der Waals surface area contributed by atoms with Gasteiger partial charge in [-0.25, -0.2) is 8.42 Å². The Labute approximate surface area is 84.9 Å². The predicted molar refractivity (Wildman–Crippen MR) is 56.7 cm³/mol. The molecular weight excluding hydrogens is 198 g/mol. The molecule has 0 aliphatic carbocycles. The third kappa shape index (κ3) is 1.96. The first kappa shape index (κ1) is 11.2. The molecule has 0 atom stereocenters. The molecule has 0 radical (unpaired) electrons. The number of nitrogens with two attached hydrogens (primary N) is 1. The van der Waals surface area contributed by atoms with Crippen molar-refractivity contribution in [2.45, 2.75) is 30.5 Å². The zero-order valence-electron chi connectivity index (χ0n) is 8.40. The van der Waals surface area contributed by atoms with E-state index in [-0.39, 0.29) is 6.54 Å². The fourth-order valence-electron chi connectivity index (χ4n) is 1.20. The summed E-state index contributed by atoms with van der Waals surface area (Å²) in [7, 11) is -3.20. The smallest absolute Gasteiger partial charge is 0.181 e. The maximum atomic E-state index is 11.9. The molecule has 2 N–H and O–H groups in total. The van der Waals surface area contributed by atoms with Gasteiger partial charge in [0.05, 0.1) is 10.1 Å². The van der Waals surface area contributed by atoms with E-state index < -0.39 is 15.1 Å². The molecule has 78 valence electrons. The summed E-state index contributed by atoms with van der Waals surface area (Å²) in [6.07, 6.45) is 0. The molecule has 0 unspecified atom stereocenters. The number of benzene rings is 1. The molecule has 1 aromatic rings. The van der Waals surface area contributed by atoms with Crippen LogP contribution in [0.1, 0.15) is 19.4 Å². The number of rotatable bonds is 3. The lowest BCUT2D eigenvalue weighted by Crippen LogP contribution is -2.16. The summed E-state index contributed by atoms with van der Waals surface area (Å²) in [5.41, 5.74) is 6.16. The van der Waals surface area contributed by atoms with Crippen molar-refractivity contribution in [3.8, 4) is 0 Å². The Kier molecular flexibility index (Phi) is 3.29. The molecule has 0 aromatic heterocycles. The highest BCUT2D eigenvalue weighted by atomic mass is 32.2. The molecule has 0 spiro atoms. The van der Waals surface area contributed by atoms with Gasteiger partial charge in [-0.15, -0.1) is 0 Å². The van der Waals surface area contributed by atoms with Gasteiger partial charge in [-0.1, -0.05) is 18.2 Å². The summed E-state index contributed by atoms with van der Waals surface area (Å²) in [5, 5.41) is -0.407. The van der Waals surface area contributed by atoms with E-state index in [0.29, 0.717) is 10.5 Å². The van der Waals surface area contributed by atoms with E-state index in [9.17, 15) is 8.42 Å². The average molecular weight is 213 g/mol. The molecule has 4 heteroatoms. The molecule has 0 amide bonds. The maximum absolute atomic E-state index is 11.9. The standard InChI is InChI=1S/C10H15NO2S/c1-8(2)14(12,13)10-6-4-3-5-9(10)7-11/h3-6,8H,7,11H2,1-2H3. The van der Waals surface area contributed by atoms with Crippen LogP contribution in [-0.2, 0) is 16.4 Å². The van der Waals surface area contributed by atoms with Crippen LogP contribution in [0.15, 0.2) is 29.2 Å². The van der Waals surface area contributed by atoms with E-state index in [1.54, 1.807) is 38.1 Å². The van der Waals surface area contributed by atoms with E-state index in [1.165, 1.54) is 0 Å². The van der Waals surface area contributed by atoms with E-state index in [1.807, 2.05) is 0 Å². The Morgan fingerprint density at radius 1 is 1.29 bits per heavy atom. The molecule has 0 saturated carbocycles. The predicted octanol–water partition coefficient (Wildman–Crippen LogP) is 1.33.